The summed E-state index contributed by atoms with van der Waals surface area (Å²) in [6.07, 6.45) is 3.21. The summed E-state index contributed by atoms with van der Waals surface area (Å²) in [6, 6.07) is 7.68. The van der Waals surface area contributed by atoms with Gasteiger partial charge in [-0.25, -0.2) is 4.79 Å². The Labute approximate surface area is 138 Å². The number of piperidine rings is 1. The maximum atomic E-state index is 12.2. The van der Waals surface area contributed by atoms with Crippen molar-refractivity contribution in [1.82, 2.24) is 10.2 Å². The molecule has 0 unspecified atom stereocenters. The van der Waals surface area contributed by atoms with E-state index in [1.54, 1.807) is 4.90 Å². The van der Waals surface area contributed by atoms with Gasteiger partial charge in [0.25, 0.3) is 5.91 Å². The third kappa shape index (κ3) is 5.27. The smallest absolute Gasteiger partial charge is 0.409 e. The second-order valence-corrected chi connectivity index (χ2v) is 6.07. The van der Waals surface area contributed by atoms with Gasteiger partial charge in [-0.1, -0.05) is 31.0 Å². The van der Waals surface area contributed by atoms with Gasteiger partial charge >= 0.3 is 6.09 Å². The van der Waals surface area contributed by atoms with E-state index in [4.69, 9.17) is 4.74 Å². The summed E-state index contributed by atoms with van der Waals surface area (Å²) in [5, 5.41) is 3.06. The van der Waals surface area contributed by atoms with Gasteiger partial charge in [0.05, 0.1) is 6.61 Å². The van der Waals surface area contributed by atoms with Gasteiger partial charge in [0.1, 0.15) is 0 Å². The Morgan fingerprint density at radius 1 is 1.30 bits per heavy atom. The molecule has 1 saturated heterocycles. The van der Waals surface area contributed by atoms with E-state index in [9.17, 15) is 9.59 Å². The number of ether oxygens (including phenoxy) is 1. The lowest BCUT2D eigenvalue weighted by Crippen LogP contribution is -2.46. The summed E-state index contributed by atoms with van der Waals surface area (Å²) in [6.45, 7) is 5.78. The van der Waals surface area contributed by atoms with Crippen LogP contribution in [0.4, 0.5) is 4.79 Å². The maximum Gasteiger partial charge on any atom is 0.409 e. The lowest BCUT2D eigenvalue weighted by atomic mass is 10.0. The van der Waals surface area contributed by atoms with E-state index in [0.717, 1.165) is 31.2 Å². The third-order valence-corrected chi connectivity index (χ3v) is 4.09. The number of likely N-dealkylation sites (tertiary alicyclic amines) is 1. The zero-order valence-corrected chi connectivity index (χ0v) is 14.0. The molecule has 23 heavy (non-hydrogen) atoms. The highest BCUT2D eigenvalue weighted by atomic mass is 16.6. The monoisotopic (exact) mass is 318 g/mol. The molecule has 2 amide bonds. The molecule has 5 heteroatoms. The fourth-order valence-electron chi connectivity index (χ4n) is 2.66. The first-order valence-corrected chi connectivity index (χ1v) is 8.39. The second kappa shape index (κ2) is 8.56. The van der Waals surface area contributed by atoms with Crippen molar-refractivity contribution in [2.45, 2.75) is 45.6 Å². The van der Waals surface area contributed by atoms with Gasteiger partial charge < -0.3 is 15.0 Å². The lowest BCUT2D eigenvalue weighted by molar-refractivity contribution is 0.0836. The van der Waals surface area contributed by atoms with Gasteiger partial charge in [-0.3, -0.25) is 4.79 Å². The van der Waals surface area contributed by atoms with Crippen molar-refractivity contribution in [1.29, 1.82) is 0 Å². The van der Waals surface area contributed by atoms with Crippen LogP contribution in [-0.4, -0.2) is 42.6 Å². The van der Waals surface area contributed by atoms with Crippen molar-refractivity contribution in [2.24, 2.45) is 0 Å². The summed E-state index contributed by atoms with van der Waals surface area (Å²) < 4.78 is 5.22. The molecule has 0 bridgehead atoms. The normalized spacial score (nSPS) is 15.3. The Kier molecular flexibility index (Phi) is 6.44. The highest BCUT2D eigenvalue weighted by Gasteiger charge is 2.24. The van der Waals surface area contributed by atoms with Crippen LogP contribution in [0.1, 0.15) is 48.5 Å². The van der Waals surface area contributed by atoms with Crippen molar-refractivity contribution in [3.63, 3.8) is 0 Å². The van der Waals surface area contributed by atoms with Gasteiger partial charge in [-0.15, -0.1) is 0 Å². The molecule has 1 heterocycles. The van der Waals surface area contributed by atoms with Crippen molar-refractivity contribution in [3.8, 4) is 0 Å². The minimum absolute atomic E-state index is 0.0438. The van der Waals surface area contributed by atoms with E-state index in [-0.39, 0.29) is 18.0 Å². The number of benzene rings is 1. The van der Waals surface area contributed by atoms with Crippen LogP contribution in [0.5, 0.6) is 0 Å². The van der Waals surface area contributed by atoms with Gasteiger partial charge in [0.2, 0.25) is 0 Å². The minimum Gasteiger partial charge on any atom is -0.449 e. The Morgan fingerprint density at radius 2 is 2.04 bits per heavy atom. The molecule has 5 nitrogen and oxygen atoms in total. The first-order valence-electron chi connectivity index (χ1n) is 8.39. The van der Waals surface area contributed by atoms with Gasteiger partial charge in [0.15, 0.2) is 0 Å². The van der Waals surface area contributed by atoms with E-state index >= 15 is 0 Å². The van der Waals surface area contributed by atoms with Crippen LogP contribution < -0.4 is 5.32 Å². The van der Waals surface area contributed by atoms with Gasteiger partial charge in [-0.05, 0) is 38.3 Å². The average Bonchev–Trinajstić information content (AvgIpc) is 2.55. The quantitative estimate of drug-likeness (QED) is 0.849. The van der Waals surface area contributed by atoms with Crippen LogP contribution in [0.25, 0.3) is 0 Å². The van der Waals surface area contributed by atoms with E-state index in [2.05, 4.69) is 12.2 Å². The Balaban J connectivity index is 1.76. The molecule has 0 radical (unpaired) electrons. The number of unbranched alkanes of at least 4 members (excludes halogenated alkanes) is 1. The molecule has 126 valence electrons. The molecule has 0 spiro atoms. The number of aryl methyl sites for hydroxylation is 1. The van der Waals surface area contributed by atoms with E-state index in [1.807, 2.05) is 31.2 Å². The van der Waals surface area contributed by atoms with E-state index in [0.29, 0.717) is 25.3 Å². The molecule has 2 rings (SSSR count). The number of nitrogens with zero attached hydrogens (tertiary/aromatic N) is 1. The molecule has 0 saturated carbocycles. The molecule has 1 fully saturated rings. The number of rotatable bonds is 5. The van der Waals surface area contributed by atoms with Crippen LogP contribution >= 0.6 is 0 Å². The SMILES string of the molecule is CCCCOC(=O)N1CCC(NC(=O)c2cccc(C)c2)CC1. The van der Waals surface area contributed by atoms with E-state index < -0.39 is 0 Å². The Morgan fingerprint density at radius 3 is 2.70 bits per heavy atom. The first kappa shape index (κ1) is 17.3. The molecule has 1 N–H and O–H groups in total. The number of nitrogens with one attached hydrogen (secondary N) is 1. The average molecular weight is 318 g/mol. The predicted molar refractivity (Wildman–Crippen MR) is 89.5 cm³/mol. The zero-order chi connectivity index (χ0) is 16.7. The van der Waals surface area contributed by atoms with Gasteiger partial charge in [-0.2, -0.15) is 0 Å². The zero-order valence-electron chi connectivity index (χ0n) is 14.0. The largest absolute Gasteiger partial charge is 0.449 e. The third-order valence-electron chi connectivity index (χ3n) is 4.09. The molecule has 0 aromatic heterocycles. The first-order chi connectivity index (χ1) is 11.1. The summed E-state index contributed by atoms with van der Waals surface area (Å²) >= 11 is 0. The van der Waals surface area contributed by atoms with Crippen LogP contribution in [0.3, 0.4) is 0 Å². The highest BCUT2D eigenvalue weighted by molar-refractivity contribution is 5.94. The number of carbonyl (C=O) groups excluding carboxylic acids is 2. The topological polar surface area (TPSA) is 58.6 Å². The molecule has 0 atom stereocenters. The van der Waals surface area contributed by atoms with Crippen molar-refractivity contribution < 1.29 is 14.3 Å². The van der Waals surface area contributed by atoms with Crippen LogP contribution in [0.15, 0.2) is 24.3 Å². The summed E-state index contributed by atoms with van der Waals surface area (Å²) in [5.74, 6) is -0.0438. The predicted octanol–water partition coefficient (Wildman–Crippen LogP) is 3.13. The molecule has 0 aliphatic carbocycles. The number of hydrogen-bond donors (Lipinski definition) is 1. The van der Waals surface area contributed by atoms with Gasteiger partial charge in [0, 0.05) is 24.7 Å². The second-order valence-electron chi connectivity index (χ2n) is 6.07. The number of carbonyl (C=O) groups is 2. The molecule has 1 aromatic rings. The van der Waals surface area contributed by atoms with Crippen LogP contribution in [0, 0.1) is 6.92 Å². The number of amides is 2. The summed E-state index contributed by atoms with van der Waals surface area (Å²) in [5.41, 5.74) is 1.76. The molecule has 1 aliphatic rings. The maximum absolute atomic E-state index is 12.2. The lowest BCUT2D eigenvalue weighted by Gasteiger charge is -2.31. The Hall–Kier alpha value is -2.04. The minimum atomic E-state index is -0.234. The summed E-state index contributed by atoms with van der Waals surface area (Å²) in [4.78, 5) is 25.8. The van der Waals surface area contributed by atoms with E-state index in [1.165, 1.54) is 0 Å². The molecule has 1 aliphatic heterocycles. The standard InChI is InChI=1S/C18H26N2O3/c1-3-4-12-23-18(22)20-10-8-16(9-11-20)19-17(21)15-7-5-6-14(2)13-15/h5-7,13,16H,3-4,8-12H2,1-2H3,(H,19,21). The molecule has 1 aromatic carbocycles. The fraction of sp³-hybridized carbons (Fsp3) is 0.556. The van der Waals surface area contributed by atoms with Crippen LogP contribution in [0.2, 0.25) is 0 Å². The van der Waals surface area contributed by atoms with Crippen molar-refractivity contribution in [3.05, 3.63) is 35.4 Å². The molecular weight excluding hydrogens is 292 g/mol. The van der Waals surface area contributed by atoms with Crippen molar-refractivity contribution in [2.75, 3.05) is 19.7 Å². The number of hydrogen-bond acceptors (Lipinski definition) is 3. The van der Waals surface area contributed by atoms with Crippen molar-refractivity contribution >= 4 is 12.0 Å². The fourth-order valence-corrected chi connectivity index (χ4v) is 2.66. The Bertz CT molecular complexity index is 537. The highest BCUT2D eigenvalue weighted by Crippen LogP contribution is 2.13. The molecular formula is C18H26N2O3. The van der Waals surface area contributed by atoms with Crippen LogP contribution in [-0.2, 0) is 4.74 Å². The summed E-state index contributed by atoms with van der Waals surface area (Å²) in [7, 11) is 0.